The molecule has 1 aromatic rings. The number of nitrogens with zero attached hydrogens (tertiary/aromatic N) is 1. The summed E-state index contributed by atoms with van der Waals surface area (Å²) in [5, 5.41) is 9.62. The van der Waals surface area contributed by atoms with Crippen molar-refractivity contribution in [2.75, 3.05) is 0 Å². The maximum atomic E-state index is 13.0. The molecule has 3 aliphatic rings. The maximum Gasteiger partial charge on any atom is 0.326 e. The highest BCUT2D eigenvalue weighted by Crippen LogP contribution is 2.63. The van der Waals surface area contributed by atoms with Crippen LogP contribution in [0.1, 0.15) is 43.2 Å². The predicted molar refractivity (Wildman–Crippen MR) is 88.8 cm³/mol. The van der Waals surface area contributed by atoms with Crippen LogP contribution in [0.3, 0.4) is 0 Å². The molecule has 2 fully saturated rings. The summed E-state index contributed by atoms with van der Waals surface area (Å²) in [6, 6.07) is 5.13. The molecule has 1 spiro atoms. The summed E-state index contributed by atoms with van der Waals surface area (Å²) in [4.78, 5) is 26.3. The highest BCUT2D eigenvalue weighted by atomic mass is 79.9. The van der Waals surface area contributed by atoms with Crippen LogP contribution in [-0.2, 0) is 22.6 Å². The predicted octanol–water partition coefficient (Wildman–Crippen LogP) is 3.37. The number of benzene rings is 1. The van der Waals surface area contributed by atoms with Crippen LogP contribution < -0.4 is 0 Å². The van der Waals surface area contributed by atoms with Gasteiger partial charge in [0.05, 0.1) is 0 Å². The van der Waals surface area contributed by atoms with Gasteiger partial charge in [-0.15, -0.1) is 0 Å². The van der Waals surface area contributed by atoms with Crippen LogP contribution in [0, 0.1) is 11.3 Å². The monoisotopic (exact) mass is 377 g/mol. The molecular weight excluding hydrogens is 358 g/mol. The smallest absolute Gasteiger partial charge is 0.326 e. The zero-order chi connectivity index (χ0) is 16.2. The SMILES string of the molecule is O=C(O)C1Cc2c(Br)cccc2CN1C(=O)C1CC12CCCC2. The van der Waals surface area contributed by atoms with E-state index in [2.05, 4.69) is 15.9 Å². The van der Waals surface area contributed by atoms with Crippen LogP contribution in [0.4, 0.5) is 0 Å². The molecule has 5 heteroatoms. The minimum Gasteiger partial charge on any atom is -0.480 e. The van der Waals surface area contributed by atoms with E-state index in [9.17, 15) is 14.7 Å². The van der Waals surface area contributed by atoms with E-state index in [1.54, 1.807) is 4.90 Å². The molecule has 0 radical (unpaired) electrons. The Labute approximate surface area is 144 Å². The zero-order valence-electron chi connectivity index (χ0n) is 12.9. The Balaban J connectivity index is 1.62. The number of halogens is 1. The van der Waals surface area contributed by atoms with Gasteiger partial charge < -0.3 is 10.0 Å². The van der Waals surface area contributed by atoms with Gasteiger partial charge in [0.2, 0.25) is 5.91 Å². The van der Waals surface area contributed by atoms with Crippen molar-refractivity contribution in [2.45, 2.75) is 51.1 Å². The molecule has 4 rings (SSSR count). The minimum atomic E-state index is -0.902. The standard InChI is InChI=1S/C18H20BrNO3/c19-14-5-3-4-11-10-20(15(17(22)23)8-12(11)14)16(21)13-9-18(13)6-1-2-7-18/h3-5,13,15H,1-2,6-10H2,(H,22,23). The Morgan fingerprint density at radius 2 is 2.00 bits per heavy atom. The van der Waals surface area contributed by atoms with Crippen molar-refractivity contribution in [1.82, 2.24) is 4.90 Å². The molecule has 2 atom stereocenters. The van der Waals surface area contributed by atoms with E-state index in [-0.39, 0.29) is 17.2 Å². The molecule has 1 heterocycles. The van der Waals surface area contributed by atoms with Gasteiger partial charge in [0.1, 0.15) is 6.04 Å². The first-order valence-corrected chi connectivity index (χ1v) is 9.11. The van der Waals surface area contributed by atoms with E-state index < -0.39 is 12.0 Å². The average Bonchev–Trinajstić information content (AvgIpc) is 3.02. The Bertz CT molecular complexity index is 681. The fourth-order valence-electron chi connectivity index (χ4n) is 4.56. The van der Waals surface area contributed by atoms with E-state index in [0.717, 1.165) is 34.9 Å². The van der Waals surface area contributed by atoms with Crippen molar-refractivity contribution < 1.29 is 14.7 Å². The highest BCUT2D eigenvalue weighted by molar-refractivity contribution is 9.10. The summed E-state index contributed by atoms with van der Waals surface area (Å²) in [5.74, 6) is -0.786. The Morgan fingerprint density at radius 1 is 1.26 bits per heavy atom. The molecule has 0 bridgehead atoms. The molecule has 1 aromatic carbocycles. The van der Waals surface area contributed by atoms with E-state index >= 15 is 0 Å². The van der Waals surface area contributed by atoms with Crippen molar-refractivity contribution in [3.8, 4) is 0 Å². The quantitative estimate of drug-likeness (QED) is 0.859. The molecule has 2 unspecified atom stereocenters. The number of carboxylic acids is 1. The first-order valence-electron chi connectivity index (χ1n) is 8.31. The Morgan fingerprint density at radius 3 is 2.70 bits per heavy atom. The van der Waals surface area contributed by atoms with Gasteiger partial charge in [-0.3, -0.25) is 4.79 Å². The number of amides is 1. The van der Waals surface area contributed by atoms with Gasteiger partial charge >= 0.3 is 5.97 Å². The molecule has 1 aliphatic heterocycles. The number of hydrogen-bond donors (Lipinski definition) is 1. The molecule has 2 saturated carbocycles. The summed E-state index contributed by atoms with van der Waals surface area (Å²) >= 11 is 3.51. The molecule has 1 amide bonds. The summed E-state index contributed by atoms with van der Waals surface area (Å²) < 4.78 is 0.937. The fourth-order valence-corrected chi connectivity index (χ4v) is 5.13. The van der Waals surface area contributed by atoms with Crippen LogP contribution in [0.2, 0.25) is 0 Å². The second-order valence-corrected chi connectivity index (χ2v) is 8.08. The molecule has 23 heavy (non-hydrogen) atoms. The van der Waals surface area contributed by atoms with E-state index in [0.29, 0.717) is 13.0 Å². The lowest BCUT2D eigenvalue weighted by molar-refractivity contribution is -0.152. The molecule has 2 aliphatic carbocycles. The van der Waals surface area contributed by atoms with Crippen LogP contribution in [-0.4, -0.2) is 27.9 Å². The molecule has 1 N–H and O–H groups in total. The second kappa shape index (κ2) is 5.33. The average molecular weight is 378 g/mol. The Hall–Kier alpha value is -1.36. The van der Waals surface area contributed by atoms with E-state index in [1.807, 2.05) is 18.2 Å². The summed E-state index contributed by atoms with van der Waals surface area (Å²) in [7, 11) is 0. The van der Waals surface area contributed by atoms with Crippen molar-refractivity contribution in [3.63, 3.8) is 0 Å². The van der Waals surface area contributed by atoms with Gasteiger partial charge in [-0.1, -0.05) is 40.9 Å². The normalized spacial score (nSPS) is 27.8. The third-order valence-electron chi connectivity index (χ3n) is 5.99. The fraction of sp³-hybridized carbons (Fsp3) is 0.556. The number of fused-ring (bicyclic) bond motifs is 1. The number of carbonyl (C=O) groups is 2. The van der Waals surface area contributed by atoms with Gasteiger partial charge in [-0.2, -0.15) is 0 Å². The van der Waals surface area contributed by atoms with Crippen LogP contribution >= 0.6 is 15.9 Å². The van der Waals surface area contributed by atoms with Gasteiger partial charge in [-0.25, -0.2) is 4.79 Å². The lowest BCUT2D eigenvalue weighted by atomic mass is 9.92. The zero-order valence-corrected chi connectivity index (χ0v) is 14.5. The molecule has 0 aromatic heterocycles. The summed E-state index contributed by atoms with van der Waals surface area (Å²) in [5.41, 5.74) is 2.29. The molecule has 122 valence electrons. The summed E-state index contributed by atoms with van der Waals surface area (Å²) in [6.07, 6.45) is 6.04. The van der Waals surface area contributed by atoms with Gasteiger partial charge in [-0.05, 0) is 41.9 Å². The number of rotatable bonds is 2. The van der Waals surface area contributed by atoms with E-state index in [1.165, 1.54) is 12.8 Å². The number of carbonyl (C=O) groups excluding carboxylic acids is 1. The van der Waals surface area contributed by atoms with E-state index in [4.69, 9.17) is 0 Å². The van der Waals surface area contributed by atoms with Crippen LogP contribution in [0.25, 0.3) is 0 Å². The van der Waals surface area contributed by atoms with Crippen molar-refractivity contribution in [3.05, 3.63) is 33.8 Å². The maximum absolute atomic E-state index is 13.0. The first-order chi connectivity index (χ1) is 11.0. The number of carboxylic acid groups (broad SMARTS) is 1. The highest BCUT2D eigenvalue weighted by Gasteiger charge is 2.60. The number of aliphatic carboxylic acids is 1. The van der Waals surface area contributed by atoms with Gasteiger partial charge in [0.25, 0.3) is 0 Å². The van der Waals surface area contributed by atoms with Gasteiger partial charge in [0, 0.05) is 23.4 Å². The van der Waals surface area contributed by atoms with Crippen molar-refractivity contribution in [1.29, 1.82) is 0 Å². The lowest BCUT2D eigenvalue weighted by Crippen LogP contribution is -2.49. The Kier molecular flexibility index (Phi) is 3.52. The van der Waals surface area contributed by atoms with Crippen LogP contribution in [0.15, 0.2) is 22.7 Å². The molecule has 4 nitrogen and oxygen atoms in total. The third kappa shape index (κ3) is 2.40. The van der Waals surface area contributed by atoms with Crippen LogP contribution in [0.5, 0.6) is 0 Å². The minimum absolute atomic E-state index is 0.0561. The van der Waals surface area contributed by atoms with Crippen molar-refractivity contribution in [2.24, 2.45) is 11.3 Å². The lowest BCUT2D eigenvalue weighted by Gasteiger charge is -2.35. The first kappa shape index (κ1) is 15.2. The molecular formula is C18H20BrNO3. The summed E-state index contributed by atoms with van der Waals surface area (Å²) in [6.45, 7) is 0.414. The topological polar surface area (TPSA) is 57.6 Å². The number of hydrogen-bond acceptors (Lipinski definition) is 2. The third-order valence-corrected chi connectivity index (χ3v) is 6.73. The van der Waals surface area contributed by atoms with Gasteiger partial charge in [0.15, 0.2) is 0 Å². The van der Waals surface area contributed by atoms with Crippen molar-refractivity contribution >= 4 is 27.8 Å². The molecule has 0 saturated heterocycles. The largest absolute Gasteiger partial charge is 0.480 e. The second-order valence-electron chi connectivity index (χ2n) is 7.23.